The van der Waals surface area contributed by atoms with Crippen molar-refractivity contribution in [1.29, 1.82) is 0 Å². The molecule has 0 spiro atoms. The van der Waals surface area contributed by atoms with Gasteiger partial charge in [-0.2, -0.15) is 0 Å². The zero-order chi connectivity index (χ0) is 35.5. The average Bonchev–Trinajstić information content (AvgIpc) is 3.50. The van der Waals surface area contributed by atoms with Crippen LogP contribution in [0.2, 0.25) is 0 Å². The van der Waals surface area contributed by atoms with E-state index in [0.29, 0.717) is 33.8 Å². The average molecular weight is 670 g/mol. The highest BCUT2D eigenvalue weighted by molar-refractivity contribution is 6.07. The summed E-state index contributed by atoms with van der Waals surface area (Å²) in [4.78, 5) is 22.0. The van der Waals surface area contributed by atoms with Gasteiger partial charge in [-0.3, -0.25) is 9.88 Å². The maximum atomic E-state index is 11.9. The van der Waals surface area contributed by atoms with E-state index >= 15 is 0 Å². The number of anilines is 3. The molecule has 0 atom stereocenters. The summed E-state index contributed by atoms with van der Waals surface area (Å²) in [6.45, 7) is 12.9. The Kier molecular flexibility index (Phi) is 7.60. The van der Waals surface area contributed by atoms with Crippen LogP contribution in [0.25, 0.3) is 55.5 Å². The quantitative estimate of drug-likeness (QED) is 0.195. The SMILES string of the molecule is CC(C)(C)c1cc(-c2nc(-c3cncc(N(c4ccccn4)c4cccc5ccccc45)c3)c3oc4ccccc4c3n2)c(O)c(C(C)(C)C)c1. The summed E-state index contributed by atoms with van der Waals surface area (Å²) in [5.41, 5.74) is 7.05. The van der Waals surface area contributed by atoms with Gasteiger partial charge in [0.05, 0.1) is 23.1 Å². The number of hydrogen-bond donors (Lipinski definition) is 1. The molecule has 8 aromatic rings. The summed E-state index contributed by atoms with van der Waals surface area (Å²) in [7, 11) is 0. The Bertz CT molecular complexity index is 2570. The van der Waals surface area contributed by atoms with Gasteiger partial charge in [-0.05, 0) is 64.2 Å². The molecule has 8 rings (SSSR count). The minimum absolute atomic E-state index is 0.174. The van der Waals surface area contributed by atoms with E-state index in [1.165, 1.54) is 0 Å². The molecule has 7 nitrogen and oxygen atoms in total. The third kappa shape index (κ3) is 5.74. The first-order valence-corrected chi connectivity index (χ1v) is 17.2. The molecular formula is C44H39N5O2. The van der Waals surface area contributed by atoms with Crippen molar-refractivity contribution in [3.8, 4) is 28.4 Å². The van der Waals surface area contributed by atoms with Gasteiger partial charge in [0.1, 0.15) is 28.4 Å². The van der Waals surface area contributed by atoms with Crippen LogP contribution in [-0.4, -0.2) is 25.0 Å². The smallest absolute Gasteiger partial charge is 0.180 e. The molecule has 0 bridgehead atoms. The summed E-state index contributed by atoms with van der Waals surface area (Å²) >= 11 is 0. The molecule has 4 aromatic carbocycles. The van der Waals surface area contributed by atoms with E-state index < -0.39 is 0 Å². The fraction of sp³-hybridized carbons (Fsp3) is 0.182. The van der Waals surface area contributed by atoms with Gasteiger partial charge in [0, 0.05) is 34.3 Å². The first-order valence-electron chi connectivity index (χ1n) is 17.2. The molecule has 1 N–H and O–H groups in total. The number of rotatable bonds is 5. The van der Waals surface area contributed by atoms with E-state index in [2.05, 4.69) is 88.9 Å². The van der Waals surface area contributed by atoms with Crippen LogP contribution in [-0.2, 0) is 10.8 Å². The van der Waals surface area contributed by atoms with Crippen LogP contribution in [0.15, 0.2) is 126 Å². The molecule has 0 fully saturated rings. The Morgan fingerprint density at radius 2 is 1.45 bits per heavy atom. The summed E-state index contributed by atoms with van der Waals surface area (Å²) in [5, 5.41) is 15.0. The summed E-state index contributed by atoms with van der Waals surface area (Å²) in [5.74, 6) is 1.35. The van der Waals surface area contributed by atoms with Gasteiger partial charge in [0.2, 0.25) is 0 Å². The molecule has 4 aromatic heterocycles. The molecule has 7 heteroatoms. The van der Waals surface area contributed by atoms with Gasteiger partial charge in [-0.25, -0.2) is 15.0 Å². The van der Waals surface area contributed by atoms with Crippen LogP contribution in [0, 0.1) is 0 Å². The van der Waals surface area contributed by atoms with Crippen molar-refractivity contribution in [2.75, 3.05) is 4.90 Å². The van der Waals surface area contributed by atoms with E-state index in [9.17, 15) is 5.11 Å². The number of benzene rings is 4. The molecule has 0 aliphatic rings. The molecule has 0 aliphatic carbocycles. The number of furan rings is 1. The minimum atomic E-state index is -0.315. The Hall–Kier alpha value is -6.08. The van der Waals surface area contributed by atoms with Crippen LogP contribution in [0.5, 0.6) is 5.75 Å². The number of fused-ring (bicyclic) bond motifs is 4. The summed E-state index contributed by atoms with van der Waals surface area (Å²) in [6.07, 6.45) is 5.43. The molecule has 0 saturated carbocycles. The number of aromatic nitrogens is 4. The largest absolute Gasteiger partial charge is 0.507 e. The molecular weight excluding hydrogens is 631 g/mol. The molecule has 0 saturated heterocycles. The molecule has 0 radical (unpaired) electrons. The van der Waals surface area contributed by atoms with Gasteiger partial charge < -0.3 is 9.52 Å². The Labute approximate surface area is 297 Å². The normalized spacial score (nSPS) is 12.2. The Balaban J connectivity index is 1.39. The van der Waals surface area contributed by atoms with Gasteiger partial charge in [-0.15, -0.1) is 0 Å². The van der Waals surface area contributed by atoms with Gasteiger partial charge in [0.15, 0.2) is 11.4 Å². The van der Waals surface area contributed by atoms with E-state index in [4.69, 9.17) is 24.4 Å². The Morgan fingerprint density at radius 3 is 2.22 bits per heavy atom. The molecule has 0 amide bonds. The number of phenols is 1. The summed E-state index contributed by atoms with van der Waals surface area (Å²) in [6, 6.07) is 34.6. The van der Waals surface area contributed by atoms with Crippen molar-refractivity contribution in [2.24, 2.45) is 0 Å². The molecule has 51 heavy (non-hydrogen) atoms. The minimum Gasteiger partial charge on any atom is -0.507 e. The number of pyridine rings is 2. The lowest BCUT2D eigenvalue weighted by atomic mass is 9.79. The number of para-hydroxylation sites is 1. The fourth-order valence-corrected chi connectivity index (χ4v) is 6.68. The second kappa shape index (κ2) is 12.1. The summed E-state index contributed by atoms with van der Waals surface area (Å²) < 4.78 is 6.50. The highest BCUT2D eigenvalue weighted by Crippen LogP contribution is 2.44. The molecule has 0 aliphatic heterocycles. The Morgan fingerprint density at radius 1 is 0.706 bits per heavy atom. The van der Waals surface area contributed by atoms with Crippen LogP contribution in [0.3, 0.4) is 0 Å². The zero-order valence-corrected chi connectivity index (χ0v) is 29.6. The lowest BCUT2D eigenvalue weighted by molar-refractivity contribution is 0.446. The maximum absolute atomic E-state index is 11.9. The number of aromatic hydroxyl groups is 1. The standard InChI is InChI=1S/C44H39N5O2/c1-43(2,3)29-23-33(40(50)34(24-29)44(4,5)6)42-47-38(41-39(48-42)32-17-9-10-19-36(32)51-41)28-22-30(26-45-25-28)49(37-20-11-12-21-46-37)35-18-13-15-27-14-7-8-16-31(27)35/h7-26,50H,1-6H3. The predicted octanol–water partition coefficient (Wildman–Crippen LogP) is 11.4. The highest BCUT2D eigenvalue weighted by atomic mass is 16.3. The van der Waals surface area contributed by atoms with Gasteiger partial charge in [-0.1, -0.05) is 102 Å². The third-order valence-corrected chi connectivity index (χ3v) is 9.39. The number of hydrogen-bond acceptors (Lipinski definition) is 7. The number of nitrogens with zero attached hydrogens (tertiary/aromatic N) is 5. The topological polar surface area (TPSA) is 88.2 Å². The molecule has 252 valence electrons. The van der Waals surface area contributed by atoms with Crippen molar-refractivity contribution < 1.29 is 9.52 Å². The van der Waals surface area contributed by atoms with Crippen LogP contribution in [0.1, 0.15) is 52.7 Å². The van der Waals surface area contributed by atoms with Crippen LogP contribution >= 0.6 is 0 Å². The monoisotopic (exact) mass is 669 g/mol. The first-order chi connectivity index (χ1) is 24.5. The van der Waals surface area contributed by atoms with E-state index in [1.54, 1.807) is 12.4 Å². The number of phenolic OH excluding ortho intramolecular Hbond substituents is 1. The molecule has 4 heterocycles. The zero-order valence-electron chi connectivity index (χ0n) is 29.6. The molecule has 0 unspecified atom stereocenters. The first kappa shape index (κ1) is 32.1. The second-order valence-corrected chi connectivity index (χ2v) is 15.0. The van der Waals surface area contributed by atoms with Gasteiger partial charge >= 0.3 is 0 Å². The predicted molar refractivity (Wildman–Crippen MR) is 207 cm³/mol. The van der Waals surface area contributed by atoms with E-state index in [1.807, 2.05) is 66.9 Å². The lowest BCUT2D eigenvalue weighted by Crippen LogP contribution is -2.17. The van der Waals surface area contributed by atoms with Crippen molar-refractivity contribution in [1.82, 2.24) is 19.9 Å². The van der Waals surface area contributed by atoms with Crippen LogP contribution < -0.4 is 4.90 Å². The maximum Gasteiger partial charge on any atom is 0.180 e. The van der Waals surface area contributed by atoms with Crippen LogP contribution in [0.4, 0.5) is 17.2 Å². The fourth-order valence-electron chi connectivity index (χ4n) is 6.68. The lowest BCUT2D eigenvalue weighted by Gasteiger charge is -2.27. The van der Waals surface area contributed by atoms with Crippen molar-refractivity contribution in [3.05, 3.63) is 133 Å². The van der Waals surface area contributed by atoms with Crippen molar-refractivity contribution >= 4 is 50.0 Å². The van der Waals surface area contributed by atoms with E-state index in [-0.39, 0.29) is 16.6 Å². The van der Waals surface area contributed by atoms with Crippen molar-refractivity contribution in [3.63, 3.8) is 0 Å². The van der Waals surface area contributed by atoms with Crippen molar-refractivity contribution in [2.45, 2.75) is 52.4 Å². The third-order valence-electron chi connectivity index (χ3n) is 9.39. The van der Waals surface area contributed by atoms with Gasteiger partial charge in [0.25, 0.3) is 0 Å². The highest BCUT2D eigenvalue weighted by Gasteiger charge is 2.28. The second-order valence-electron chi connectivity index (χ2n) is 15.0. The van der Waals surface area contributed by atoms with E-state index in [0.717, 1.165) is 50.0 Å².